The molecule has 0 bridgehead atoms. The molecular weight excluding hydrogens is 323 g/mol. The molecule has 1 aliphatic carbocycles. The summed E-state index contributed by atoms with van der Waals surface area (Å²) in [5.74, 6) is -0.603. The molecule has 1 N–H and O–H groups in total. The van der Waals surface area contributed by atoms with Crippen molar-refractivity contribution in [3.8, 4) is 0 Å². The third-order valence-electron chi connectivity index (χ3n) is 4.87. The summed E-state index contributed by atoms with van der Waals surface area (Å²) in [7, 11) is 0. The van der Waals surface area contributed by atoms with Crippen molar-refractivity contribution in [3.05, 3.63) is 35.6 Å². The van der Waals surface area contributed by atoms with Crippen LogP contribution in [0.2, 0.25) is 0 Å². The molecule has 1 atom stereocenters. The first-order valence-electron chi connectivity index (χ1n) is 9.05. The third-order valence-corrected chi connectivity index (χ3v) is 4.87. The van der Waals surface area contributed by atoms with Gasteiger partial charge in [-0.25, -0.2) is 4.39 Å². The summed E-state index contributed by atoms with van der Waals surface area (Å²) in [6.45, 7) is 3.48. The molecule has 0 spiro atoms. The lowest BCUT2D eigenvalue weighted by Gasteiger charge is -2.36. The number of piperidine rings is 1. The van der Waals surface area contributed by atoms with Gasteiger partial charge in [0, 0.05) is 19.1 Å². The standard InChI is InChI=1S/C19H25FN2O3/c1-2-25-19(24)14-9-11-22(12-10-14)17(18(23)21-16-7-8-16)13-3-5-15(20)6-4-13/h3-6,14,16-17H,2,7-12H2,1H3,(H,21,23). The summed E-state index contributed by atoms with van der Waals surface area (Å²) in [5.41, 5.74) is 0.786. The van der Waals surface area contributed by atoms with E-state index in [0.29, 0.717) is 32.5 Å². The summed E-state index contributed by atoms with van der Waals surface area (Å²) in [4.78, 5) is 26.8. The summed E-state index contributed by atoms with van der Waals surface area (Å²) in [6.07, 6.45) is 3.39. The van der Waals surface area contributed by atoms with Crippen molar-refractivity contribution in [2.24, 2.45) is 5.92 Å². The Morgan fingerprint density at radius 2 is 1.84 bits per heavy atom. The van der Waals surface area contributed by atoms with E-state index in [2.05, 4.69) is 10.2 Å². The first-order chi connectivity index (χ1) is 12.1. The van der Waals surface area contributed by atoms with E-state index >= 15 is 0 Å². The number of hydrogen-bond acceptors (Lipinski definition) is 4. The number of carbonyl (C=O) groups is 2. The first kappa shape index (κ1) is 17.9. The molecule has 136 valence electrons. The van der Waals surface area contributed by atoms with Crippen LogP contribution in [0.25, 0.3) is 0 Å². The number of hydrogen-bond donors (Lipinski definition) is 1. The van der Waals surface area contributed by atoms with Crippen molar-refractivity contribution in [2.75, 3.05) is 19.7 Å². The fourth-order valence-electron chi connectivity index (χ4n) is 3.33. The lowest BCUT2D eigenvalue weighted by molar-refractivity contribution is -0.150. The molecule has 1 aromatic rings. The van der Waals surface area contributed by atoms with Gasteiger partial charge in [0.15, 0.2) is 0 Å². The van der Waals surface area contributed by atoms with E-state index in [1.807, 2.05) is 0 Å². The van der Waals surface area contributed by atoms with E-state index in [1.165, 1.54) is 12.1 Å². The van der Waals surface area contributed by atoms with Crippen LogP contribution >= 0.6 is 0 Å². The van der Waals surface area contributed by atoms with E-state index in [9.17, 15) is 14.0 Å². The van der Waals surface area contributed by atoms with Crippen LogP contribution in [0.3, 0.4) is 0 Å². The molecule has 1 saturated heterocycles. The number of halogens is 1. The molecule has 1 heterocycles. The van der Waals surface area contributed by atoms with Crippen molar-refractivity contribution in [3.63, 3.8) is 0 Å². The van der Waals surface area contributed by atoms with Crippen LogP contribution in [0, 0.1) is 11.7 Å². The highest BCUT2D eigenvalue weighted by Crippen LogP contribution is 2.29. The number of likely N-dealkylation sites (tertiary alicyclic amines) is 1. The monoisotopic (exact) mass is 348 g/mol. The number of nitrogens with zero attached hydrogens (tertiary/aromatic N) is 1. The molecule has 3 rings (SSSR count). The molecule has 1 aromatic carbocycles. The largest absolute Gasteiger partial charge is 0.466 e. The van der Waals surface area contributed by atoms with Gasteiger partial charge in [-0.3, -0.25) is 14.5 Å². The highest BCUT2D eigenvalue weighted by atomic mass is 19.1. The Morgan fingerprint density at radius 1 is 1.20 bits per heavy atom. The van der Waals surface area contributed by atoms with E-state index in [0.717, 1.165) is 18.4 Å². The molecule has 1 aliphatic heterocycles. The maximum Gasteiger partial charge on any atom is 0.309 e. The number of ether oxygens (including phenoxy) is 1. The second-order valence-electron chi connectivity index (χ2n) is 6.80. The number of benzene rings is 1. The summed E-state index contributed by atoms with van der Waals surface area (Å²) in [5, 5.41) is 3.05. The van der Waals surface area contributed by atoms with E-state index in [-0.39, 0.29) is 29.7 Å². The van der Waals surface area contributed by atoms with Gasteiger partial charge in [-0.05, 0) is 50.3 Å². The molecule has 2 fully saturated rings. The number of rotatable bonds is 6. The first-order valence-corrected chi connectivity index (χ1v) is 9.05. The molecule has 1 amide bonds. The Labute approximate surface area is 147 Å². The third kappa shape index (κ3) is 4.57. The summed E-state index contributed by atoms with van der Waals surface area (Å²) in [6, 6.07) is 5.95. The average Bonchev–Trinajstić information content (AvgIpc) is 3.41. The van der Waals surface area contributed by atoms with Crippen molar-refractivity contribution >= 4 is 11.9 Å². The van der Waals surface area contributed by atoms with Crippen LogP contribution in [0.4, 0.5) is 4.39 Å². The minimum atomic E-state index is -0.440. The summed E-state index contributed by atoms with van der Waals surface area (Å²) >= 11 is 0. The van der Waals surface area contributed by atoms with Crippen LogP contribution in [0.5, 0.6) is 0 Å². The molecule has 0 radical (unpaired) electrons. The second kappa shape index (κ2) is 7.95. The average molecular weight is 348 g/mol. The van der Waals surface area contributed by atoms with Gasteiger partial charge in [-0.1, -0.05) is 12.1 Å². The predicted molar refractivity (Wildman–Crippen MR) is 91.2 cm³/mol. The van der Waals surface area contributed by atoms with Gasteiger partial charge in [0.05, 0.1) is 12.5 Å². The quantitative estimate of drug-likeness (QED) is 0.802. The second-order valence-corrected chi connectivity index (χ2v) is 6.80. The Bertz CT molecular complexity index is 608. The fourth-order valence-corrected chi connectivity index (χ4v) is 3.33. The number of carbonyl (C=O) groups excluding carboxylic acids is 2. The van der Waals surface area contributed by atoms with E-state index in [4.69, 9.17) is 4.74 Å². The molecule has 1 unspecified atom stereocenters. The highest BCUT2D eigenvalue weighted by Gasteiger charge is 2.35. The molecule has 0 aromatic heterocycles. The van der Waals surface area contributed by atoms with E-state index in [1.54, 1.807) is 19.1 Å². The topological polar surface area (TPSA) is 58.6 Å². The lowest BCUT2D eigenvalue weighted by atomic mass is 9.94. The van der Waals surface area contributed by atoms with Gasteiger partial charge in [0.25, 0.3) is 0 Å². The highest BCUT2D eigenvalue weighted by molar-refractivity contribution is 5.83. The predicted octanol–water partition coefficient (Wildman–Crippen LogP) is 2.42. The van der Waals surface area contributed by atoms with Gasteiger partial charge in [-0.2, -0.15) is 0 Å². The van der Waals surface area contributed by atoms with Crippen LogP contribution in [0.15, 0.2) is 24.3 Å². The van der Waals surface area contributed by atoms with Gasteiger partial charge in [0.1, 0.15) is 11.9 Å². The molecule has 5 nitrogen and oxygen atoms in total. The van der Waals surface area contributed by atoms with Gasteiger partial charge in [-0.15, -0.1) is 0 Å². The zero-order chi connectivity index (χ0) is 17.8. The molecule has 6 heteroatoms. The van der Waals surface area contributed by atoms with Crippen molar-refractivity contribution in [1.29, 1.82) is 0 Å². The van der Waals surface area contributed by atoms with Crippen molar-refractivity contribution < 1.29 is 18.7 Å². The SMILES string of the molecule is CCOC(=O)C1CCN(C(C(=O)NC2CC2)c2ccc(F)cc2)CC1. The number of esters is 1. The summed E-state index contributed by atoms with van der Waals surface area (Å²) < 4.78 is 18.4. The minimum absolute atomic E-state index is 0.0382. The maximum absolute atomic E-state index is 13.3. The number of nitrogens with one attached hydrogen (secondary N) is 1. The van der Waals surface area contributed by atoms with Gasteiger partial charge >= 0.3 is 5.97 Å². The molecule has 25 heavy (non-hydrogen) atoms. The maximum atomic E-state index is 13.3. The van der Waals surface area contributed by atoms with E-state index < -0.39 is 6.04 Å². The van der Waals surface area contributed by atoms with Gasteiger partial charge in [0.2, 0.25) is 5.91 Å². The Hall–Kier alpha value is -1.95. The van der Waals surface area contributed by atoms with Crippen molar-refractivity contribution in [1.82, 2.24) is 10.2 Å². The molecular formula is C19H25FN2O3. The Kier molecular flexibility index (Phi) is 5.68. The smallest absolute Gasteiger partial charge is 0.309 e. The van der Waals surface area contributed by atoms with Crippen LogP contribution in [-0.4, -0.2) is 42.5 Å². The Balaban J connectivity index is 1.70. The van der Waals surface area contributed by atoms with Crippen LogP contribution in [0.1, 0.15) is 44.2 Å². The zero-order valence-corrected chi connectivity index (χ0v) is 14.5. The molecule has 2 aliphatic rings. The normalized spacial score (nSPS) is 20.1. The van der Waals surface area contributed by atoms with Crippen LogP contribution in [-0.2, 0) is 14.3 Å². The number of amides is 1. The molecule has 1 saturated carbocycles. The Morgan fingerprint density at radius 3 is 2.40 bits per heavy atom. The lowest BCUT2D eigenvalue weighted by Crippen LogP contribution is -2.45. The minimum Gasteiger partial charge on any atom is -0.466 e. The van der Waals surface area contributed by atoms with Crippen LogP contribution < -0.4 is 5.32 Å². The fraction of sp³-hybridized carbons (Fsp3) is 0.579. The van der Waals surface area contributed by atoms with Crippen molar-refractivity contribution in [2.45, 2.75) is 44.7 Å². The zero-order valence-electron chi connectivity index (χ0n) is 14.5. The van der Waals surface area contributed by atoms with Gasteiger partial charge < -0.3 is 10.1 Å².